The second kappa shape index (κ2) is 9.64. The number of hydrogen-bond acceptors (Lipinski definition) is 5. The Bertz CT molecular complexity index is 976. The molecular weight excluding hydrogens is 470 g/mol. The lowest BCUT2D eigenvalue weighted by Gasteiger charge is -2.32. The summed E-state index contributed by atoms with van der Waals surface area (Å²) in [5.74, 6) is 0.402. The monoisotopic (exact) mass is 497 g/mol. The lowest BCUT2D eigenvalue weighted by atomic mass is 10.1. The largest absolute Gasteiger partial charge is 0.468 e. The normalized spacial score (nSPS) is 19.0. The molecule has 164 valence electrons. The van der Waals surface area contributed by atoms with Crippen LogP contribution in [0.4, 0.5) is 0 Å². The highest BCUT2D eigenvalue weighted by atomic mass is 79.9. The molecule has 0 spiro atoms. The molecule has 30 heavy (non-hydrogen) atoms. The Balaban J connectivity index is 1.80. The Kier molecular flexibility index (Phi) is 7.38. The predicted octanol–water partition coefficient (Wildman–Crippen LogP) is 3.64. The van der Waals surface area contributed by atoms with Gasteiger partial charge in [-0.1, -0.05) is 6.42 Å². The van der Waals surface area contributed by atoms with Gasteiger partial charge in [-0.2, -0.15) is 4.31 Å². The van der Waals surface area contributed by atoms with Gasteiger partial charge < -0.3 is 9.73 Å². The molecule has 2 atom stereocenters. The van der Waals surface area contributed by atoms with Gasteiger partial charge in [-0.05, 0) is 80.1 Å². The maximum atomic E-state index is 13.2. The van der Waals surface area contributed by atoms with Gasteiger partial charge in [-0.3, -0.25) is 9.69 Å². The number of nitrogens with zero attached hydrogens (tertiary/aromatic N) is 2. The highest BCUT2D eigenvalue weighted by Crippen LogP contribution is 2.28. The molecule has 1 aliphatic heterocycles. The van der Waals surface area contributed by atoms with Crippen LogP contribution in [0.3, 0.4) is 0 Å². The number of furan rings is 1. The van der Waals surface area contributed by atoms with Crippen molar-refractivity contribution in [3.8, 4) is 0 Å². The van der Waals surface area contributed by atoms with Gasteiger partial charge in [0.25, 0.3) is 5.91 Å². The molecule has 0 aliphatic carbocycles. The van der Waals surface area contributed by atoms with E-state index in [1.54, 1.807) is 28.8 Å². The Labute approximate surface area is 186 Å². The molecule has 0 radical (unpaired) electrons. The van der Waals surface area contributed by atoms with E-state index in [0.29, 0.717) is 17.6 Å². The predicted molar refractivity (Wildman–Crippen MR) is 119 cm³/mol. The number of sulfonamides is 1. The molecule has 7 nitrogen and oxygen atoms in total. The van der Waals surface area contributed by atoms with E-state index in [1.165, 1.54) is 6.07 Å². The molecule has 0 unspecified atom stereocenters. The number of hydrogen-bond donors (Lipinski definition) is 1. The van der Waals surface area contributed by atoms with Crippen LogP contribution in [0.5, 0.6) is 0 Å². The van der Waals surface area contributed by atoms with Crippen LogP contribution in [-0.4, -0.2) is 56.8 Å². The summed E-state index contributed by atoms with van der Waals surface area (Å²) in [6.07, 6.45) is 4.33. The van der Waals surface area contributed by atoms with Crippen molar-refractivity contribution < 1.29 is 17.6 Å². The third-order valence-corrected chi connectivity index (χ3v) is 8.18. The zero-order chi connectivity index (χ0) is 21.9. The molecule has 3 rings (SSSR count). The lowest BCUT2D eigenvalue weighted by molar-refractivity contribution is 0.0938. The molecule has 2 heterocycles. The standard InChI is InChI=1S/C21H28BrN3O4S/c1-15-7-4-5-11-25(15)30(27,28)16-9-10-18(22)17(13-16)21(26)23-14-19(24(2)3)20-8-6-12-29-20/h6,8-10,12-13,15,19H,4-5,7,11,14H2,1-3H3,(H,23,26)/t15-,19-/m0/s1. The number of nitrogens with one attached hydrogen (secondary N) is 1. The molecule has 0 bridgehead atoms. The summed E-state index contributed by atoms with van der Waals surface area (Å²) in [5.41, 5.74) is 0.290. The number of piperidine rings is 1. The van der Waals surface area contributed by atoms with Gasteiger partial charge in [0.05, 0.1) is 22.8 Å². The summed E-state index contributed by atoms with van der Waals surface area (Å²) in [7, 11) is 0.155. The lowest BCUT2D eigenvalue weighted by Crippen LogP contribution is -2.42. The van der Waals surface area contributed by atoms with Crippen molar-refractivity contribution in [2.24, 2.45) is 0 Å². The van der Waals surface area contributed by atoms with E-state index < -0.39 is 10.0 Å². The van der Waals surface area contributed by atoms with Crippen molar-refractivity contribution in [3.63, 3.8) is 0 Å². The van der Waals surface area contributed by atoms with Crippen LogP contribution in [0, 0.1) is 0 Å². The summed E-state index contributed by atoms with van der Waals surface area (Å²) in [6, 6.07) is 8.10. The fourth-order valence-corrected chi connectivity index (χ4v) is 5.86. The van der Waals surface area contributed by atoms with Crippen molar-refractivity contribution in [1.82, 2.24) is 14.5 Å². The fraction of sp³-hybridized carbons (Fsp3) is 0.476. The van der Waals surface area contributed by atoms with Crippen LogP contribution >= 0.6 is 15.9 Å². The van der Waals surface area contributed by atoms with Crippen LogP contribution in [0.2, 0.25) is 0 Å². The first-order valence-corrected chi connectivity index (χ1v) is 12.2. The van der Waals surface area contributed by atoms with E-state index in [9.17, 15) is 13.2 Å². The SMILES string of the molecule is C[C@H]1CCCCN1S(=O)(=O)c1ccc(Br)c(C(=O)NC[C@@H](c2ccco2)N(C)C)c1. The van der Waals surface area contributed by atoms with E-state index >= 15 is 0 Å². The van der Waals surface area contributed by atoms with E-state index in [2.05, 4.69) is 21.2 Å². The van der Waals surface area contributed by atoms with Crippen molar-refractivity contribution >= 4 is 31.9 Å². The molecule has 1 aliphatic rings. The van der Waals surface area contributed by atoms with Crippen LogP contribution in [-0.2, 0) is 10.0 Å². The van der Waals surface area contributed by atoms with Gasteiger partial charge in [-0.15, -0.1) is 0 Å². The molecule has 2 aromatic rings. The Hall–Kier alpha value is -1.68. The highest BCUT2D eigenvalue weighted by Gasteiger charge is 2.31. The Morgan fingerprint density at radius 2 is 2.10 bits per heavy atom. The average molecular weight is 498 g/mol. The summed E-state index contributed by atoms with van der Waals surface area (Å²) in [4.78, 5) is 15.0. The molecule has 0 saturated carbocycles. The first-order valence-electron chi connectivity index (χ1n) is 10.0. The molecule has 1 N–H and O–H groups in total. The molecular formula is C21H28BrN3O4S. The number of carbonyl (C=O) groups is 1. The van der Waals surface area contributed by atoms with Gasteiger partial charge in [0.1, 0.15) is 5.76 Å². The van der Waals surface area contributed by atoms with E-state index in [-0.39, 0.29) is 28.4 Å². The summed E-state index contributed by atoms with van der Waals surface area (Å²) in [5, 5.41) is 2.90. The maximum Gasteiger partial charge on any atom is 0.252 e. The highest BCUT2D eigenvalue weighted by molar-refractivity contribution is 9.10. The van der Waals surface area contributed by atoms with Crippen molar-refractivity contribution in [2.75, 3.05) is 27.2 Å². The molecule has 9 heteroatoms. The van der Waals surface area contributed by atoms with Crippen LogP contribution < -0.4 is 5.32 Å². The number of benzene rings is 1. The summed E-state index contributed by atoms with van der Waals surface area (Å²) >= 11 is 3.38. The van der Waals surface area contributed by atoms with Gasteiger partial charge in [0, 0.05) is 23.6 Å². The number of amides is 1. The van der Waals surface area contributed by atoms with Gasteiger partial charge >= 0.3 is 0 Å². The third kappa shape index (κ3) is 4.96. The number of likely N-dealkylation sites (N-methyl/N-ethyl adjacent to an activating group) is 1. The minimum absolute atomic E-state index is 0.0428. The minimum Gasteiger partial charge on any atom is -0.468 e. The third-order valence-electron chi connectivity index (χ3n) is 5.48. The molecule has 1 aromatic carbocycles. The van der Waals surface area contributed by atoms with E-state index in [4.69, 9.17) is 4.42 Å². The maximum absolute atomic E-state index is 13.2. The van der Waals surface area contributed by atoms with Gasteiger partial charge in [-0.25, -0.2) is 8.42 Å². The zero-order valence-electron chi connectivity index (χ0n) is 17.5. The zero-order valence-corrected chi connectivity index (χ0v) is 19.9. The minimum atomic E-state index is -3.65. The fourth-order valence-electron chi connectivity index (χ4n) is 3.71. The average Bonchev–Trinajstić information content (AvgIpc) is 3.22. The first kappa shape index (κ1) is 23.0. The first-order chi connectivity index (χ1) is 14.2. The van der Waals surface area contributed by atoms with Gasteiger partial charge in [0.2, 0.25) is 10.0 Å². The van der Waals surface area contributed by atoms with Crippen LogP contribution in [0.15, 0.2) is 50.4 Å². The summed E-state index contributed by atoms with van der Waals surface area (Å²) < 4.78 is 33.9. The van der Waals surface area contributed by atoms with Crippen molar-refractivity contribution in [2.45, 2.75) is 43.2 Å². The number of rotatable bonds is 7. The van der Waals surface area contributed by atoms with Crippen molar-refractivity contribution in [1.29, 1.82) is 0 Å². The Morgan fingerprint density at radius 3 is 2.73 bits per heavy atom. The topological polar surface area (TPSA) is 82.9 Å². The van der Waals surface area contributed by atoms with Crippen LogP contribution in [0.1, 0.15) is 48.3 Å². The smallest absolute Gasteiger partial charge is 0.252 e. The molecule has 1 fully saturated rings. The summed E-state index contributed by atoms with van der Waals surface area (Å²) in [6.45, 7) is 2.76. The second-order valence-corrected chi connectivity index (χ2v) is 10.6. The Morgan fingerprint density at radius 1 is 1.33 bits per heavy atom. The van der Waals surface area contributed by atoms with Gasteiger partial charge in [0.15, 0.2) is 0 Å². The molecule has 1 saturated heterocycles. The van der Waals surface area contributed by atoms with Crippen molar-refractivity contribution in [3.05, 3.63) is 52.4 Å². The van der Waals surface area contributed by atoms with Crippen LogP contribution in [0.25, 0.3) is 0 Å². The number of halogens is 1. The molecule has 1 amide bonds. The quantitative estimate of drug-likeness (QED) is 0.631. The van der Waals surface area contributed by atoms with E-state index in [0.717, 1.165) is 25.0 Å². The second-order valence-electron chi connectivity index (χ2n) is 7.81. The van der Waals surface area contributed by atoms with E-state index in [1.807, 2.05) is 32.0 Å². The molecule has 1 aromatic heterocycles. The number of carbonyl (C=O) groups excluding carboxylic acids is 1.